The first-order valence-corrected chi connectivity index (χ1v) is 26.0. The van der Waals surface area contributed by atoms with Crippen LogP contribution >= 0.6 is 0 Å². The van der Waals surface area contributed by atoms with Gasteiger partial charge in [0, 0.05) is 67.4 Å². The van der Waals surface area contributed by atoms with Gasteiger partial charge in [-0.1, -0.05) is 158 Å². The average molecular weight is 959 g/mol. The van der Waals surface area contributed by atoms with Gasteiger partial charge in [-0.15, -0.1) is 0 Å². The Hall–Kier alpha value is -9.06. The number of hydrogen-bond donors (Lipinski definition) is 0. The first kappa shape index (κ1) is 46.0. The molecule has 3 aliphatic carbocycles. The molecule has 0 amide bonds. The lowest BCUT2D eigenvalue weighted by molar-refractivity contribution is 0.669. The number of hydrogen-bond acceptors (Lipinski definition) is 5. The van der Waals surface area contributed by atoms with Crippen LogP contribution in [0.1, 0.15) is 32.6 Å². The van der Waals surface area contributed by atoms with Gasteiger partial charge in [-0.3, -0.25) is 0 Å². The van der Waals surface area contributed by atoms with Crippen LogP contribution in [0.15, 0.2) is 289 Å². The molecule has 360 valence electrons. The fraction of sp³-hybridized carbons (Fsp3) is 0.101. The Balaban J connectivity index is 0.919. The molecule has 0 spiro atoms. The van der Waals surface area contributed by atoms with Crippen LogP contribution in [0.25, 0.3) is 32.7 Å². The molecule has 0 saturated carbocycles. The molecule has 5 heteroatoms. The Morgan fingerprint density at radius 3 is 1.65 bits per heavy atom. The molecule has 0 fully saturated rings. The van der Waals surface area contributed by atoms with E-state index in [1.165, 1.54) is 27.7 Å². The van der Waals surface area contributed by atoms with Gasteiger partial charge in [0.15, 0.2) is 0 Å². The third-order valence-corrected chi connectivity index (χ3v) is 14.4. The molecule has 3 aliphatic rings. The zero-order chi connectivity index (χ0) is 49.6. The van der Waals surface area contributed by atoms with Gasteiger partial charge < -0.3 is 24.0 Å². The molecule has 0 bridgehead atoms. The van der Waals surface area contributed by atoms with Gasteiger partial charge >= 0.3 is 0 Å². The van der Waals surface area contributed by atoms with E-state index in [4.69, 9.17) is 4.42 Å². The van der Waals surface area contributed by atoms with E-state index in [-0.39, 0.29) is 12.1 Å². The van der Waals surface area contributed by atoms with E-state index in [1.54, 1.807) is 0 Å². The smallest absolute Gasteiger partial charge is 0.135 e. The van der Waals surface area contributed by atoms with Gasteiger partial charge in [-0.2, -0.15) is 0 Å². The predicted molar refractivity (Wildman–Crippen MR) is 314 cm³/mol. The van der Waals surface area contributed by atoms with Crippen LogP contribution in [0.2, 0.25) is 0 Å². The minimum atomic E-state index is 0.129. The Bertz CT molecular complexity index is 3700. The predicted octanol–water partition coefficient (Wildman–Crippen LogP) is 19.1. The number of para-hydroxylation sites is 2. The zero-order valence-electron chi connectivity index (χ0n) is 41.7. The summed E-state index contributed by atoms with van der Waals surface area (Å²) >= 11 is 0. The fourth-order valence-corrected chi connectivity index (χ4v) is 10.9. The number of benzene rings is 8. The van der Waals surface area contributed by atoms with Crippen molar-refractivity contribution in [3.05, 3.63) is 284 Å². The van der Waals surface area contributed by atoms with Crippen molar-refractivity contribution in [3.63, 3.8) is 0 Å². The summed E-state index contributed by atoms with van der Waals surface area (Å²) in [4.78, 5) is 9.75. The lowest BCUT2D eigenvalue weighted by Gasteiger charge is -2.37. The number of furan rings is 1. The summed E-state index contributed by atoms with van der Waals surface area (Å²) in [7, 11) is 0. The first-order chi connectivity index (χ1) is 36.7. The normalized spacial score (nSPS) is 16.3. The van der Waals surface area contributed by atoms with Crippen LogP contribution in [-0.2, 0) is 0 Å². The van der Waals surface area contributed by atoms with Gasteiger partial charge in [-0.25, -0.2) is 0 Å². The van der Waals surface area contributed by atoms with Crippen molar-refractivity contribution >= 4 is 83.9 Å². The summed E-state index contributed by atoms with van der Waals surface area (Å²) in [5.74, 6) is 0. The maximum atomic E-state index is 6.64. The Kier molecular flexibility index (Phi) is 13.0. The molecule has 8 aromatic carbocycles. The second-order valence-corrected chi connectivity index (χ2v) is 19.0. The Morgan fingerprint density at radius 2 is 0.986 bits per heavy atom. The molecule has 74 heavy (non-hydrogen) atoms. The van der Waals surface area contributed by atoms with Crippen LogP contribution in [-0.4, -0.2) is 12.1 Å². The molecule has 1 heterocycles. The van der Waals surface area contributed by atoms with Crippen molar-refractivity contribution in [2.75, 3.05) is 19.6 Å². The van der Waals surface area contributed by atoms with Gasteiger partial charge in [0.05, 0.1) is 17.8 Å². The summed E-state index contributed by atoms with van der Waals surface area (Å²) in [6.45, 7) is 2.06. The lowest BCUT2D eigenvalue weighted by Crippen LogP contribution is -2.35. The van der Waals surface area contributed by atoms with Gasteiger partial charge in [0.25, 0.3) is 0 Å². The van der Waals surface area contributed by atoms with Crippen molar-refractivity contribution in [1.82, 2.24) is 0 Å². The van der Waals surface area contributed by atoms with Crippen LogP contribution in [0.3, 0.4) is 0 Å². The largest absolute Gasteiger partial charge is 0.456 e. The molecule has 2 unspecified atom stereocenters. The van der Waals surface area contributed by atoms with Crippen molar-refractivity contribution in [2.24, 2.45) is 0 Å². The van der Waals surface area contributed by atoms with E-state index in [9.17, 15) is 0 Å². The highest BCUT2D eigenvalue weighted by Crippen LogP contribution is 2.44. The number of nitrogens with zero attached hydrogens (tertiary/aromatic N) is 4. The van der Waals surface area contributed by atoms with Crippen molar-refractivity contribution < 1.29 is 4.42 Å². The zero-order valence-corrected chi connectivity index (χ0v) is 41.7. The summed E-state index contributed by atoms with van der Waals surface area (Å²) < 4.78 is 6.64. The second-order valence-electron chi connectivity index (χ2n) is 19.0. The number of fused-ring (bicyclic) bond motifs is 4. The topological polar surface area (TPSA) is 26.1 Å². The molecule has 9 aromatic rings. The maximum absolute atomic E-state index is 6.64. The molecule has 0 saturated heterocycles. The number of rotatable bonds is 14. The third kappa shape index (κ3) is 9.21. The summed E-state index contributed by atoms with van der Waals surface area (Å²) in [6.07, 6.45) is 35.0. The minimum Gasteiger partial charge on any atom is -0.456 e. The molecule has 2 atom stereocenters. The van der Waals surface area contributed by atoms with Gasteiger partial charge in [0.1, 0.15) is 11.2 Å². The second kappa shape index (κ2) is 21.0. The molecule has 0 radical (unpaired) electrons. The average Bonchev–Trinajstić information content (AvgIpc) is 3.83. The summed E-state index contributed by atoms with van der Waals surface area (Å²) in [5, 5.41) is 4.55. The van der Waals surface area contributed by atoms with Crippen LogP contribution < -0.4 is 19.6 Å². The van der Waals surface area contributed by atoms with Crippen molar-refractivity contribution in [3.8, 4) is 0 Å². The highest BCUT2D eigenvalue weighted by Gasteiger charge is 2.26. The van der Waals surface area contributed by atoms with E-state index in [1.807, 2.05) is 0 Å². The number of allylic oxidation sites excluding steroid dienone is 12. The monoisotopic (exact) mass is 958 g/mol. The van der Waals surface area contributed by atoms with E-state index in [2.05, 4.69) is 300 Å². The molecule has 0 N–H and O–H groups in total. The highest BCUT2D eigenvalue weighted by atomic mass is 16.3. The highest BCUT2D eigenvalue weighted by molar-refractivity contribution is 6.08. The molecule has 12 rings (SSSR count). The van der Waals surface area contributed by atoms with Crippen molar-refractivity contribution in [1.29, 1.82) is 0 Å². The summed E-state index contributed by atoms with van der Waals surface area (Å²) in [6, 6.07) is 68.3. The maximum Gasteiger partial charge on any atom is 0.135 e. The van der Waals surface area contributed by atoms with E-state index < -0.39 is 0 Å². The molecule has 1 aromatic heterocycles. The van der Waals surface area contributed by atoms with E-state index in [0.717, 1.165) is 93.1 Å². The van der Waals surface area contributed by atoms with Gasteiger partial charge in [0.2, 0.25) is 0 Å². The van der Waals surface area contributed by atoms with Crippen LogP contribution in [0.5, 0.6) is 0 Å². The molecule has 5 nitrogen and oxygen atoms in total. The third-order valence-electron chi connectivity index (χ3n) is 14.4. The van der Waals surface area contributed by atoms with Crippen LogP contribution in [0.4, 0.5) is 51.2 Å². The SMILES string of the molecule is C/C=C\C=C/C1=C(N(c2ccc(N(c3ccc4oc5ccc(N(c6ccccc6)c6ccc(N(c7ccccc7)c7cccc8ccccc78)cc6)cc5c4c3)C3C=CC=CC3)cc2)C2C=CC=CC2)CCC=C1. The fourth-order valence-electron chi connectivity index (χ4n) is 10.9. The van der Waals surface area contributed by atoms with Gasteiger partial charge in [-0.05, 0) is 159 Å². The van der Waals surface area contributed by atoms with Crippen molar-refractivity contribution in [2.45, 2.75) is 44.7 Å². The quantitative estimate of drug-likeness (QED) is 0.101. The Morgan fingerprint density at radius 1 is 0.446 bits per heavy atom. The molecule has 0 aliphatic heterocycles. The first-order valence-electron chi connectivity index (χ1n) is 26.0. The number of anilines is 9. The molecular formula is C69H58N4O. The van der Waals surface area contributed by atoms with Crippen LogP contribution in [0, 0.1) is 0 Å². The minimum absolute atomic E-state index is 0.129. The standard InChI is InChI=1S/C69H58N4O/c1-2-3-8-23-52-24-18-20-35-66(52)72(55-30-13-6-14-31-55)59-41-37-57(38-42-59)70(53-26-9-4-10-27-53)61-45-47-68-64(49-61)65-50-62(46-48-69(65)74-68)71(54-28-11-5-12-29-54)58-39-43-60(44-40-58)73(56-32-15-7-16-33-56)67-36-21-25-51-22-17-19-34-63(51)67/h2-19,21-26,28-30,32-34,36-50,53,55H,20,27,31,35H2,1H3/b3-2-,23-8-. The van der Waals surface area contributed by atoms with E-state index >= 15 is 0 Å². The van der Waals surface area contributed by atoms with E-state index in [0.29, 0.717) is 0 Å². The lowest BCUT2D eigenvalue weighted by atomic mass is 9.97. The Labute approximate surface area is 434 Å². The summed E-state index contributed by atoms with van der Waals surface area (Å²) in [5.41, 5.74) is 14.3. The molecular weight excluding hydrogens is 901 g/mol.